The molecule has 0 bridgehead atoms. The van der Waals surface area contributed by atoms with E-state index in [0.717, 1.165) is 0 Å². The fourth-order valence-electron chi connectivity index (χ4n) is 3.00. The SMILES string of the molecule is CC(C)(C)CC1CCCC2(CCC2)[N-]1. The second-order valence-corrected chi connectivity index (χ2v) is 6.52. The van der Waals surface area contributed by atoms with Gasteiger partial charge in [-0.2, -0.15) is 0 Å². The second-order valence-electron chi connectivity index (χ2n) is 6.52. The molecule has 1 heteroatoms. The first-order valence-electron chi connectivity index (χ1n) is 6.21. The van der Waals surface area contributed by atoms with Gasteiger partial charge in [-0.3, -0.25) is 0 Å². The first-order chi connectivity index (χ1) is 6.49. The van der Waals surface area contributed by atoms with Gasteiger partial charge < -0.3 is 5.32 Å². The van der Waals surface area contributed by atoms with E-state index in [9.17, 15) is 0 Å². The van der Waals surface area contributed by atoms with Crippen molar-refractivity contribution in [2.75, 3.05) is 0 Å². The molecule has 1 aliphatic carbocycles. The van der Waals surface area contributed by atoms with Crippen molar-refractivity contribution in [1.29, 1.82) is 0 Å². The minimum absolute atomic E-state index is 0.455. The summed E-state index contributed by atoms with van der Waals surface area (Å²) >= 11 is 0. The van der Waals surface area contributed by atoms with Crippen molar-refractivity contribution in [2.24, 2.45) is 5.41 Å². The highest BCUT2D eigenvalue weighted by Crippen LogP contribution is 2.49. The van der Waals surface area contributed by atoms with Crippen molar-refractivity contribution < 1.29 is 0 Å². The van der Waals surface area contributed by atoms with Crippen LogP contribution in [0.5, 0.6) is 0 Å². The summed E-state index contributed by atoms with van der Waals surface area (Å²) in [6.07, 6.45) is 9.62. The molecule has 1 unspecified atom stereocenters. The number of piperidine rings is 1. The zero-order valence-corrected chi connectivity index (χ0v) is 9.97. The zero-order chi connectivity index (χ0) is 10.2. The average Bonchev–Trinajstić information content (AvgIpc) is 1.99. The molecule has 1 aliphatic heterocycles. The largest absolute Gasteiger partial charge is 0.654 e. The Hall–Kier alpha value is -0.0400. The maximum absolute atomic E-state index is 5.10. The third-order valence-corrected chi connectivity index (χ3v) is 3.77. The van der Waals surface area contributed by atoms with Gasteiger partial charge >= 0.3 is 0 Å². The molecule has 2 rings (SSSR count). The van der Waals surface area contributed by atoms with Crippen LogP contribution in [0.15, 0.2) is 0 Å². The first-order valence-corrected chi connectivity index (χ1v) is 6.21. The van der Waals surface area contributed by atoms with E-state index in [0.29, 0.717) is 17.0 Å². The van der Waals surface area contributed by atoms with Crippen LogP contribution in [0.4, 0.5) is 0 Å². The Kier molecular flexibility index (Phi) is 2.63. The monoisotopic (exact) mass is 194 g/mol. The third kappa shape index (κ3) is 2.31. The molecule has 0 N–H and O–H groups in total. The topological polar surface area (TPSA) is 14.1 Å². The van der Waals surface area contributed by atoms with Gasteiger partial charge in [-0.05, 0) is 5.41 Å². The molecular formula is C13H24N-. The van der Waals surface area contributed by atoms with Crippen LogP contribution < -0.4 is 0 Å². The normalized spacial score (nSPS) is 31.5. The molecule has 1 spiro atoms. The highest BCUT2D eigenvalue weighted by atomic mass is 15.0. The Balaban J connectivity index is 1.88. The summed E-state index contributed by atoms with van der Waals surface area (Å²) in [5, 5.41) is 5.10. The number of hydrogen-bond donors (Lipinski definition) is 0. The van der Waals surface area contributed by atoms with Crippen LogP contribution >= 0.6 is 0 Å². The highest BCUT2D eigenvalue weighted by Gasteiger charge is 2.31. The van der Waals surface area contributed by atoms with E-state index in [2.05, 4.69) is 20.8 Å². The summed E-state index contributed by atoms with van der Waals surface area (Å²) in [6, 6.07) is 0.670. The predicted molar refractivity (Wildman–Crippen MR) is 61.7 cm³/mol. The van der Waals surface area contributed by atoms with Crippen molar-refractivity contribution in [3.63, 3.8) is 0 Å². The minimum atomic E-state index is 0.455. The Morgan fingerprint density at radius 2 is 1.79 bits per heavy atom. The molecule has 1 nitrogen and oxygen atoms in total. The summed E-state index contributed by atoms with van der Waals surface area (Å²) in [4.78, 5) is 0. The van der Waals surface area contributed by atoms with Crippen molar-refractivity contribution in [3.05, 3.63) is 5.32 Å². The maximum atomic E-state index is 5.10. The number of nitrogens with zero attached hydrogens (tertiary/aromatic N) is 1. The van der Waals surface area contributed by atoms with E-state index < -0.39 is 0 Å². The molecule has 1 atom stereocenters. The van der Waals surface area contributed by atoms with Crippen molar-refractivity contribution in [3.8, 4) is 0 Å². The van der Waals surface area contributed by atoms with Crippen molar-refractivity contribution in [1.82, 2.24) is 0 Å². The molecule has 0 amide bonds. The molecule has 2 fully saturated rings. The van der Waals surface area contributed by atoms with Gasteiger partial charge in [0.2, 0.25) is 0 Å². The average molecular weight is 194 g/mol. The predicted octanol–water partition coefficient (Wildman–Crippen LogP) is 4.27. The zero-order valence-electron chi connectivity index (χ0n) is 9.97. The Morgan fingerprint density at radius 3 is 2.29 bits per heavy atom. The van der Waals surface area contributed by atoms with Gasteiger partial charge in [0.1, 0.15) is 0 Å². The lowest BCUT2D eigenvalue weighted by molar-refractivity contribution is 0.205. The fourth-order valence-corrected chi connectivity index (χ4v) is 3.00. The molecule has 1 saturated heterocycles. The molecule has 0 aromatic rings. The van der Waals surface area contributed by atoms with E-state index in [4.69, 9.17) is 5.32 Å². The van der Waals surface area contributed by atoms with E-state index in [1.54, 1.807) is 0 Å². The second kappa shape index (κ2) is 3.52. The first kappa shape index (κ1) is 10.5. The lowest BCUT2D eigenvalue weighted by Crippen LogP contribution is -2.42. The number of rotatable bonds is 1. The molecule has 2 aliphatic rings. The summed E-state index contributed by atoms with van der Waals surface area (Å²) in [6.45, 7) is 7.01. The van der Waals surface area contributed by atoms with Gasteiger partial charge in [-0.25, -0.2) is 0 Å². The summed E-state index contributed by atoms with van der Waals surface area (Å²) in [7, 11) is 0. The van der Waals surface area contributed by atoms with Gasteiger partial charge in [-0.15, -0.1) is 11.6 Å². The molecule has 1 heterocycles. The summed E-state index contributed by atoms with van der Waals surface area (Å²) < 4.78 is 0. The number of hydrogen-bond acceptors (Lipinski definition) is 0. The van der Waals surface area contributed by atoms with Crippen LogP contribution in [0, 0.1) is 5.41 Å². The standard InChI is InChI=1S/C13H24N/c1-12(2,3)10-11-6-4-7-13(14-11)8-5-9-13/h11H,4-10H2,1-3H3/q-1. The molecule has 82 valence electrons. The molecule has 1 saturated carbocycles. The van der Waals surface area contributed by atoms with Gasteiger partial charge in [0, 0.05) is 0 Å². The molecular weight excluding hydrogens is 170 g/mol. The van der Waals surface area contributed by atoms with E-state index in [1.807, 2.05) is 0 Å². The Labute approximate surface area is 88.7 Å². The summed E-state index contributed by atoms with van der Waals surface area (Å²) in [5.74, 6) is 0. The lowest BCUT2D eigenvalue weighted by Gasteiger charge is -2.62. The van der Waals surface area contributed by atoms with Crippen LogP contribution in [0.1, 0.15) is 65.7 Å². The van der Waals surface area contributed by atoms with Gasteiger partial charge in [-0.1, -0.05) is 65.7 Å². The van der Waals surface area contributed by atoms with Crippen LogP contribution in [-0.2, 0) is 0 Å². The van der Waals surface area contributed by atoms with Gasteiger partial charge in [0.15, 0.2) is 0 Å². The van der Waals surface area contributed by atoms with E-state index >= 15 is 0 Å². The van der Waals surface area contributed by atoms with Crippen LogP contribution in [-0.4, -0.2) is 11.6 Å². The lowest BCUT2D eigenvalue weighted by atomic mass is 9.69. The quantitative estimate of drug-likeness (QED) is 0.592. The van der Waals surface area contributed by atoms with Crippen LogP contribution in [0.3, 0.4) is 0 Å². The third-order valence-electron chi connectivity index (χ3n) is 3.77. The van der Waals surface area contributed by atoms with Crippen LogP contribution in [0.25, 0.3) is 5.32 Å². The molecule has 0 aromatic heterocycles. The molecule has 0 aromatic carbocycles. The van der Waals surface area contributed by atoms with Gasteiger partial charge in [0.05, 0.1) is 0 Å². The fraction of sp³-hybridized carbons (Fsp3) is 1.00. The maximum Gasteiger partial charge on any atom is -0.0396 e. The van der Waals surface area contributed by atoms with E-state index in [-0.39, 0.29) is 0 Å². The molecule has 0 radical (unpaired) electrons. The van der Waals surface area contributed by atoms with Crippen molar-refractivity contribution >= 4 is 0 Å². The van der Waals surface area contributed by atoms with E-state index in [1.165, 1.54) is 44.9 Å². The van der Waals surface area contributed by atoms with Gasteiger partial charge in [0.25, 0.3) is 0 Å². The smallest absolute Gasteiger partial charge is 0.0396 e. The summed E-state index contributed by atoms with van der Waals surface area (Å²) in [5.41, 5.74) is 0.921. The highest BCUT2D eigenvalue weighted by molar-refractivity contribution is 5.18. The Morgan fingerprint density at radius 1 is 1.14 bits per heavy atom. The Bertz CT molecular complexity index is 198. The minimum Gasteiger partial charge on any atom is -0.654 e. The van der Waals surface area contributed by atoms with Crippen LogP contribution in [0.2, 0.25) is 0 Å². The van der Waals surface area contributed by atoms with Crippen molar-refractivity contribution in [2.45, 2.75) is 77.3 Å². The molecule has 14 heavy (non-hydrogen) atoms.